The Morgan fingerprint density at radius 1 is 1.17 bits per heavy atom. The summed E-state index contributed by atoms with van der Waals surface area (Å²) in [6, 6.07) is 8.38. The first-order valence-corrected chi connectivity index (χ1v) is 7.83. The molecule has 3 unspecified atom stereocenters. The fourth-order valence-corrected chi connectivity index (χ4v) is 1.98. The molecule has 1 aromatic carbocycles. The van der Waals surface area contributed by atoms with Gasteiger partial charge in [0.15, 0.2) is 0 Å². The van der Waals surface area contributed by atoms with E-state index in [1.165, 1.54) is 0 Å². The zero-order valence-corrected chi connectivity index (χ0v) is 14.9. The molecule has 0 bridgehead atoms. The Labute approximate surface area is 144 Å². The third-order valence-electron chi connectivity index (χ3n) is 3.85. The average molecular weight is 342 g/mol. The number of nitrogens with two attached hydrogens (primary N) is 1. The van der Waals surface area contributed by atoms with Gasteiger partial charge in [-0.25, -0.2) is 0 Å². The summed E-state index contributed by atoms with van der Waals surface area (Å²) in [5.41, 5.74) is 6.11. The van der Waals surface area contributed by atoms with Crippen LogP contribution < -0.4 is 16.4 Å². The minimum Gasteiger partial charge on any atom is -0.354 e. The molecule has 0 aromatic heterocycles. The van der Waals surface area contributed by atoms with Crippen molar-refractivity contribution >= 4 is 24.2 Å². The number of benzene rings is 1. The molecule has 3 atom stereocenters. The SMILES string of the molecule is CCC(C)C(NC(=O)c1ccccc1)C(=O)NCC(C)CN.Cl. The molecule has 2 amide bonds. The maximum absolute atomic E-state index is 12.4. The lowest BCUT2D eigenvalue weighted by Crippen LogP contribution is -2.51. The standard InChI is InChI=1S/C17H27N3O2.ClH/c1-4-13(3)15(17(22)19-11-12(2)10-18)20-16(21)14-8-6-5-7-9-14;/h5-9,12-13,15H,4,10-11,18H2,1-3H3,(H,19,22)(H,20,21);1H. The molecular weight excluding hydrogens is 314 g/mol. The summed E-state index contributed by atoms with van der Waals surface area (Å²) >= 11 is 0. The van der Waals surface area contributed by atoms with E-state index in [-0.39, 0.29) is 36.1 Å². The van der Waals surface area contributed by atoms with Gasteiger partial charge in [-0.15, -0.1) is 12.4 Å². The largest absolute Gasteiger partial charge is 0.354 e. The zero-order chi connectivity index (χ0) is 16.5. The van der Waals surface area contributed by atoms with E-state index in [2.05, 4.69) is 10.6 Å². The van der Waals surface area contributed by atoms with Gasteiger partial charge in [-0.3, -0.25) is 9.59 Å². The predicted molar refractivity (Wildman–Crippen MR) is 95.6 cm³/mol. The number of carbonyl (C=O) groups excluding carboxylic acids is 2. The Hall–Kier alpha value is -1.59. The van der Waals surface area contributed by atoms with Crippen molar-refractivity contribution in [3.8, 4) is 0 Å². The van der Waals surface area contributed by atoms with Crippen LogP contribution in [0.2, 0.25) is 0 Å². The van der Waals surface area contributed by atoms with Crippen LogP contribution in [0.5, 0.6) is 0 Å². The molecule has 0 radical (unpaired) electrons. The molecule has 4 N–H and O–H groups in total. The maximum atomic E-state index is 12.4. The third-order valence-corrected chi connectivity index (χ3v) is 3.85. The van der Waals surface area contributed by atoms with Crippen LogP contribution >= 0.6 is 12.4 Å². The molecule has 0 aliphatic rings. The van der Waals surface area contributed by atoms with Crippen LogP contribution in [0.4, 0.5) is 0 Å². The molecule has 0 saturated carbocycles. The van der Waals surface area contributed by atoms with Crippen molar-refractivity contribution in [1.82, 2.24) is 10.6 Å². The normalized spacial score (nSPS) is 14.1. The molecule has 0 aliphatic carbocycles. The summed E-state index contributed by atoms with van der Waals surface area (Å²) in [4.78, 5) is 24.6. The van der Waals surface area contributed by atoms with E-state index in [1.54, 1.807) is 24.3 Å². The smallest absolute Gasteiger partial charge is 0.251 e. The van der Waals surface area contributed by atoms with Crippen molar-refractivity contribution in [2.24, 2.45) is 17.6 Å². The van der Waals surface area contributed by atoms with Crippen molar-refractivity contribution in [2.75, 3.05) is 13.1 Å². The summed E-state index contributed by atoms with van der Waals surface area (Å²) in [6.07, 6.45) is 0.805. The van der Waals surface area contributed by atoms with Crippen LogP contribution in [0.1, 0.15) is 37.6 Å². The first-order chi connectivity index (χ1) is 10.5. The molecule has 0 saturated heterocycles. The summed E-state index contributed by atoms with van der Waals surface area (Å²) in [6.45, 7) is 6.97. The average Bonchev–Trinajstić information content (AvgIpc) is 2.56. The number of carbonyl (C=O) groups is 2. The monoisotopic (exact) mass is 341 g/mol. The lowest BCUT2D eigenvalue weighted by Gasteiger charge is -2.24. The summed E-state index contributed by atoms with van der Waals surface area (Å²) < 4.78 is 0. The van der Waals surface area contributed by atoms with E-state index in [0.29, 0.717) is 18.7 Å². The lowest BCUT2D eigenvalue weighted by atomic mass is 9.97. The molecule has 0 heterocycles. The minimum atomic E-state index is -0.539. The second-order valence-corrected chi connectivity index (χ2v) is 5.79. The van der Waals surface area contributed by atoms with Crippen LogP contribution in [-0.2, 0) is 4.79 Å². The molecule has 23 heavy (non-hydrogen) atoms. The van der Waals surface area contributed by atoms with Gasteiger partial charge in [0.2, 0.25) is 5.91 Å². The predicted octanol–water partition coefficient (Wildman–Crippen LogP) is 1.96. The number of nitrogens with one attached hydrogen (secondary N) is 2. The van der Waals surface area contributed by atoms with Crippen LogP contribution in [0.25, 0.3) is 0 Å². The summed E-state index contributed by atoms with van der Waals surface area (Å²) in [5.74, 6) is -0.112. The van der Waals surface area contributed by atoms with E-state index >= 15 is 0 Å². The van der Waals surface area contributed by atoms with Crippen LogP contribution in [0.15, 0.2) is 30.3 Å². The highest BCUT2D eigenvalue weighted by Crippen LogP contribution is 2.10. The van der Waals surface area contributed by atoms with Gasteiger partial charge in [0.1, 0.15) is 6.04 Å². The molecule has 6 heteroatoms. The number of hydrogen-bond acceptors (Lipinski definition) is 3. The number of amides is 2. The van der Waals surface area contributed by atoms with Crippen molar-refractivity contribution < 1.29 is 9.59 Å². The Kier molecular flexibility index (Phi) is 10.3. The summed E-state index contributed by atoms with van der Waals surface area (Å²) in [7, 11) is 0. The zero-order valence-electron chi connectivity index (χ0n) is 14.0. The fraction of sp³-hybridized carbons (Fsp3) is 0.529. The van der Waals surface area contributed by atoms with E-state index < -0.39 is 6.04 Å². The van der Waals surface area contributed by atoms with E-state index in [1.807, 2.05) is 26.8 Å². The number of halogens is 1. The van der Waals surface area contributed by atoms with Gasteiger partial charge in [-0.05, 0) is 30.5 Å². The van der Waals surface area contributed by atoms with Crippen molar-refractivity contribution in [3.63, 3.8) is 0 Å². The molecule has 5 nitrogen and oxygen atoms in total. The minimum absolute atomic E-state index is 0. The first kappa shape index (κ1) is 21.4. The Morgan fingerprint density at radius 3 is 2.30 bits per heavy atom. The fourth-order valence-electron chi connectivity index (χ4n) is 1.98. The van der Waals surface area contributed by atoms with Gasteiger partial charge in [0.05, 0.1) is 0 Å². The highest BCUT2D eigenvalue weighted by Gasteiger charge is 2.26. The molecule has 130 valence electrons. The Balaban J connectivity index is 0.00000484. The van der Waals surface area contributed by atoms with E-state index in [0.717, 1.165) is 6.42 Å². The van der Waals surface area contributed by atoms with Crippen molar-refractivity contribution in [1.29, 1.82) is 0 Å². The second-order valence-electron chi connectivity index (χ2n) is 5.79. The van der Waals surface area contributed by atoms with Gasteiger partial charge < -0.3 is 16.4 Å². The molecule has 0 spiro atoms. The highest BCUT2D eigenvalue weighted by molar-refractivity contribution is 5.97. The van der Waals surface area contributed by atoms with Gasteiger partial charge >= 0.3 is 0 Å². The van der Waals surface area contributed by atoms with Crippen molar-refractivity contribution in [2.45, 2.75) is 33.2 Å². The van der Waals surface area contributed by atoms with E-state index in [9.17, 15) is 9.59 Å². The van der Waals surface area contributed by atoms with Crippen LogP contribution in [0.3, 0.4) is 0 Å². The quantitative estimate of drug-likeness (QED) is 0.675. The van der Waals surface area contributed by atoms with Gasteiger partial charge in [0, 0.05) is 12.1 Å². The van der Waals surface area contributed by atoms with Gasteiger partial charge in [-0.1, -0.05) is 45.4 Å². The molecular formula is C17H28ClN3O2. The van der Waals surface area contributed by atoms with Crippen LogP contribution in [0, 0.1) is 11.8 Å². The van der Waals surface area contributed by atoms with Gasteiger partial charge in [0.25, 0.3) is 5.91 Å². The second kappa shape index (κ2) is 11.0. The number of rotatable bonds is 8. The first-order valence-electron chi connectivity index (χ1n) is 7.83. The Bertz CT molecular complexity index is 482. The maximum Gasteiger partial charge on any atom is 0.251 e. The molecule has 0 fully saturated rings. The third kappa shape index (κ3) is 7.01. The van der Waals surface area contributed by atoms with Gasteiger partial charge in [-0.2, -0.15) is 0 Å². The summed E-state index contributed by atoms with van der Waals surface area (Å²) in [5, 5.41) is 5.72. The molecule has 1 rings (SSSR count). The highest BCUT2D eigenvalue weighted by atomic mass is 35.5. The molecule has 0 aliphatic heterocycles. The van der Waals surface area contributed by atoms with Crippen LogP contribution in [-0.4, -0.2) is 30.9 Å². The number of hydrogen-bond donors (Lipinski definition) is 3. The topological polar surface area (TPSA) is 84.2 Å². The van der Waals surface area contributed by atoms with Crippen molar-refractivity contribution in [3.05, 3.63) is 35.9 Å². The van der Waals surface area contributed by atoms with E-state index in [4.69, 9.17) is 5.73 Å². The molecule has 1 aromatic rings. The Morgan fingerprint density at radius 2 is 1.78 bits per heavy atom. The lowest BCUT2D eigenvalue weighted by molar-refractivity contribution is -0.124.